The predicted molar refractivity (Wildman–Crippen MR) is 68.0 cm³/mol. The highest BCUT2D eigenvalue weighted by atomic mass is 16.1. The van der Waals surface area contributed by atoms with Crippen LogP contribution in [-0.2, 0) is 11.2 Å². The van der Waals surface area contributed by atoms with Gasteiger partial charge in [0.05, 0.1) is 0 Å². The van der Waals surface area contributed by atoms with Gasteiger partial charge in [0.2, 0.25) is 0 Å². The summed E-state index contributed by atoms with van der Waals surface area (Å²) < 4.78 is 0. The van der Waals surface area contributed by atoms with Crippen molar-refractivity contribution in [3.63, 3.8) is 0 Å². The highest BCUT2D eigenvalue weighted by Crippen LogP contribution is 2.01. The second-order valence-corrected chi connectivity index (χ2v) is 2.69. The van der Waals surface area contributed by atoms with E-state index in [2.05, 4.69) is 26.3 Å². The standard InChI is InChI=1S/C10H12O.2C2H4/c1-9(11)7-8-10-5-3-2-4-6-10;2*1-2/h2-6H,7-8H2,1H3;2*1-2H2. The second-order valence-electron chi connectivity index (χ2n) is 2.69. The lowest BCUT2D eigenvalue weighted by atomic mass is 10.1. The SMILES string of the molecule is C=C.C=C.CC(=O)CCc1ccccc1. The Hall–Kier alpha value is -1.63. The van der Waals surface area contributed by atoms with E-state index in [0.29, 0.717) is 6.42 Å². The third kappa shape index (κ3) is 10.3. The molecule has 0 amide bonds. The van der Waals surface area contributed by atoms with Gasteiger partial charge in [-0.05, 0) is 18.9 Å². The molecule has 1 heteroatoms. The van der Waals surface area contributed by atoms with Crippen LogP contribution in [0.2, 0.25) is 0 Å². The number of hydrogen-bond donors (Lipinski definition) is 0. The molecule has 0 spiro atoms. The van der Waals surface area contributed by atoms with Gasteiger partial charge < -0.3 is 4.79 Å². The molecule has 1 aromatic rings. The normalized spacial score (nSPS) is 7.53. The molecule has 0 unspecified atom stereocenters. The van der Waals surface area contributed by atoms with Crippen molar-refractivity contribution in [2.24, 2.45) is 0 Å². The maximum atomic E-state index is 10.6. The summed E-state index contributed by atoms with van der Waals surface area (Å²) in [6.45, 7) is 13.6. The Kier molecular flexibility index (Phi) is 13.1. The van der Waals surface area contributed by atoms with Crippen LogP contribution in [0.1, 0.15) is 18.9 Å². The van der Waals surface area contributed by atoms with Crippen molar-refractivity contribution >= 4 is 5.78 Å². The van der Waals surface area contributed by atoms with E-state index in [1.54, 1.807) is 6.92 Å². The van der Waals surface area contributed by atoms with Crippen molar-refractivity contribution in [2.75, 3.05) is 0 Å². The van der Waals surface area contributed by atoms with Crippen LogP contribution in [-0.4, -0.2) is 5.78 Å². The van der Waals surface area contributed by atoms with Crippen LogP contribution in [0, 0.1) is 0 Å². The van der Waals surface area contributed by atoms with Gasteiger partial charge in [0.1, 0.15) is 5.78 Å². The lowest BCUT2D eigenvalue weighted by molar-refractivity contribution is -0.116. The minimum absolute atomic E-state index is 0.258. The third-order valence-electron chi connectivity index (χ3n) is 1.61. The highest BCUT2D eigenvalue weighted by Gasteiger charge is 1.94. The summed E-state index contributed by atoms with van der Waals surface area (Å²) in [4.78, 5) is 10.6. The van der Waals surface area contributed by atoms with Gasteiger partial charge in [0.15, 0.2) is 0 Å². The molecule has 0 radical (unpaired) electrons. The monoisotopic (exact) mass is 204 g/mol. The molecular formula is C14H20O. The fourth-order valence-electron chi connectivity index (χ4n) is 0.965. The topological polar surface area (TPSA) is 17.1 Å². The van der Waals surface area contributed by atoms with Crippen LogP contribution in [0.3, 0.4) is 0 Å². The van der Waals surface area contributed by atoms with Crippen molar-refractivity contribution in [3.8, 4) is 0 Å². The molecule has 15 heavy (non-hydrogen) atoms. The van der Waals surface area contributed by atoms with Gasteiger partial charge in [-0.15, -0.1) is 26.3 Å². The van der Waals surface area contributed by atoms with Crippen LogP contribution < -0.4 is 0 Å². The molecule has 0 bridgehead atoms. The van der Waals surface area contributed by atoms with Crippen LogP contribution in [0.5, 0.6) is 0 Å². The van der Waals surface area contributed by atoms with E-state index in [1.165, 1.54) is 5.56 Å². The Morgan fingerprint density at radius 1 is 1.07 bits per heavy atom. The Morgan fingerprint density at radius 2 is 1.53 bits per heavy atom. The molecule has 0 heterocycles. The summed E-state index contributed by atoms with van der Waals surface area (Å²) in [5.74, 6) is 0.258. The van der Waals surface area contributed by atoms with Gasteiger partial charge in [0.25, 0.3) is 0 Å². The average Bonchev–Trinajstić information content (AvgIpc) is 2.33. The zero-order valence-corrected chi connectivity index (χ0v) is 9.54. The van der Waals surface area contributed by atoms with E-state index in [-0.39, 0.29) is 5.78 Å². The van der Waals surface area contributed by atoms with Gasteiger partial charge in [-0.3, -0.25) is 0 Å². The molecule has 0 fully saturated rings. The van der Waals surface area contributed by atoms with E-state index in [0.717, 1.165) is 6.42 Å². The highest BCUT2D eigenvalue weighted by molar-refractivity contribution is 5.75. The first-order valence-electron chi connectivity index (χ1n) is 4.82. The molecular weight excluding hydrogens is 184 g/mol. The number of carbonyl (C=O) groups is 1. The summed E-state index contributed by atoms with van der Waals surface area (Å²) in [5.41, 5.74) is 1.24. The first kappa shape index (κ1) is 15.8. The summed E-state index contributed by atoms with van der Waals surface area (Å²) in [6, 6.07) is 10.1. The molecule has 0 atom stereocenters. The molecule has 1 nitrogen and oxygen atoms in total. The minimum Gasteiger partial charge on any atom is -0.300 e. The molecule has 0 aliphatic rings. The predicted octanol–water partition coefficient (Wildman–Crippen LogP) is 3.81. The number of ketones is 1. The molecule has 0 aliphatic carbocycles. The molecule has 0 aliphatic heterocycles. The van der Waals surface area contributed by atoms with Crippen molar-refractivity contribution in [1.82, 2.24) is 0 Å². The Balaban J connectivity index is 0. The van der Waals surface area contributed by atoms with Gasteiger partial charge in [-0.2, -0.15) is 0 Å². The van der Waals surface area contributed by atoms with Crippen molar-refractivity contribution in [3.05, 3.63) is 62.2 Å². The summed E-state index contributed by atoms with van der Waals surface area (Å²) in [5, 5.41) is 0. The summed E-state index contributed by atoms with van der Waals surface area (Å²) >= 11 is 0. The van der Waals surface area contributed by atoms with Crippen LogP contribution >= 0.6 is 0 Å². The van der Waals surface area contributed by atoms with E-state index in [4.69, 9.17) is 0 Å². The van der Waals surface area contributed by atoms with Gasteiger partial charge >= 0.3 is 0 Å². The largest absolute Gasteiger partial charge is 0.300 e. The van der Waals surface area contributed by atoms with Crippen molar-refractivity contribution < 1.29 is 4.79 Å². The zero-order chi connectivity index (χ0) is 12.1. The number of carbonyl (C=O) groups excluding carboxylic acids is 1. The number of Topliss-reactive ketones (excluding diaryl/α,β-unsaturated/α-hetero) is 1. The quantitative estimate of drug-likeness (QED) is 0.684. The number of hydrogen-bond acceptors (Lipinski definition) is 1. The summed E-state index contributed by atoms with van der Waals surface area (Å²) in [7, 11) is 0. The fraction of sp³-hybridized carbons (Fsp3) is 0.214. The van der Waals surface area contributed by atoms with Gasteiger partial charge in [-0.1, -0.05) is 30.3 Å². The van der Waals surface area contributed by atoms with Crippen molar-refractivity contribution in [2.45, 2.75) is 19.8 Å². The lowest BCUT2D eigenvalue weighted by Gasteiger charge is -1.96. The third-order valence-corrected chi connectivity index (χ3v) is 1.61. The smallest absolute Gasteiger partial charge is 0.130 e. The Labute approximate surface area is 93.1 Å². The number of benzene rings is 1. The molecule has 0 N–H and O–H groups in total. The first-order chi connectivity index (χ1) is 7.29. The molecule has 82 valence electrons. The summed E-state index contributed by atoms with van der Waals surface area (Å²) in [6.07, 6.45) is 1.53. The Morgan fingerprint density at radius 3 is 1.93 bits per heavy atom. The van der Waals surface area contributed by atoms with Crippen LogP contribution in [0.25, 0.3) is 0 Å². The van der Waals surface area contributed by atoms with E-state index < -0.39 is 0 Å². The second kappa shape index (κ2) is 12.4. The zero-order valence-electron chi connectivity index (χ0n) is 9.54. The van der Waals surface area contributed by atoms with Crippen molar-refractivity contribution in [1.29, 1.82) is 0 Å². The van der Waals surface area contributed by atoms with E-state index >= 15 is 0 Å². The Bertz CT molecular complexity index is 249. The first-order valence-corrected chi connectivity index (χ1v) is 4.82. The lowest BCUT2D eigenvalue weighted by Crippen LogP contribution is -1.92. The number of rotatable bonds is 3. The molecule has 0 aromatic heterocycles. The molecule has 0 saturated heterocycles. The van der Waals surface area contributed by atoms with Gasteiger partial charge in [-0.25, -0.2) is 0 Å². The minimum atomic E-state index is 0.258. The molecule has 0 saturated carbocycles. The molecule has 1 rings (SSSR count). The molecule has 1 aromatic carbocycles. The maximum absolute atomic E-state index is 10.6. The van der Waals surface area contributed by atoms with E-state index in [9.17, 15) is 4.79 Å². The van der Waals surface area contributed by atoms with Gasteiger partial charge in [0, 0.05) is 6.42 Å². The van der Waals surface area contributed by atoms with E-state index in [1.807, 2.05) is 30.3 Å². The number of aryl methyl sites for hydroxylation is 1. The average molecular weight is 204 g/mol. The maximum Gasteiger partial charge on any atom is 0.130 e. The fourth-order valence-corrected chi connectivity index (χ4v) is 0.965. The van der Waals surface area contributed by atoms with Crippen LogP contribution in [0.15, 0.2) is 56.6 Å². The van der Waals surface area contributed by atoms with Crippen LogP contribution in [0.4, 0.5) is 0 Å².